The Balaban J connectivity index is 1.55. The number of carbonyl (C=O) groups excluding carboxylic acids is 1. The van der Waals surface area contributed by atoms with Crippen LogP contribution in [-0.4, -0.2) is 53.5 Å². The van der Waals surface area contributed by atoms with Crippen molar-refractivity contribution in [1.29, 1.82) is 0 Å². The third-order valence-corrected chi connectivity index (χ3v) is 4.02. The normalized spacial score (nSPS) is 15.6. The molecule has 2 aromatic rings. The smallest absolute Gasteiger partial charge is 0.271 e. The highest BCUT2D eigenvalue weighted by atomic mass is 16.3. The van der Waals surface area contributed by atoms with Gasteiger partial charge in [0.1, 0.15) is 17.3 Å². The number of carbonyl (C=O) groups is 1. The van der Waals surface area contributed by atoms with Crippen molar-refractivity contribution in [2.75, 3.05) is 37.6 Å². The molecule has 0 unspecified atom stereocenters. The number of nitrogens with one attached hydrogen (secondary N) is 1. The van der Waals surface area contributed by atoms with Crippen LogP contribution in [0.5, 0.6) is 0 Å². The first-order valence-electron chi connectivity index (χ1n) is 7.86. The SMILES string of the molecule is CCN1CCN(c2cnc(C(=O)NCc3ccco3)cn2)CC1. The number of aromatic nitrogens is 2. The van der Waals surface area contributed by atoms with Gasteiger partial charge in [0.15, 0.2) is 0 Å². The fourth-order valence-corrected chi connectivity index (χ4v) is 2.57. The maximum atomic E-state index is 12.0. The van der Waals surface area contributed by atoms with E-state index in [1.807, 2.05) is 6.07 Å². The lowest BCUT2D eigenvalue weighted by Crippen LogP contribution is -2.46. The van der Waals surface area contributed by atoms with Crippen molar-refractivity contribution in [2.45, 2.75) is 13.5 Å². The van der Waals surface area contributed by atoms with Crippen LogP contribution in [0.4, 0.5) is 5.82 Å². The Bertz CT molecular complexity index is 618. The molecule has 0 aromatic carbocycles. The summed E-state index contributed by atoms with van der Waals surface area (Å²) < 4.78 is 5.17. The molecule has 1 N–H and O–H groups in total. The molecule has 7 heteroatoms. The lowest BCUT2D eigenvalue weighted by Gasteiger charge is -2.34. The summed E-state index contributed by atoms with van der Waals surface area (Å²) in [5.41, 5.74) is 0.313. The number of hydrogen-bond donors (Lipinski definition) is 1. The standard InChI is InChI=1S/C16H21N5O2/c1-2-20-5-7-21(8-6-20)15-12-17-14(11-18-15)16(22)19-10-13-4-3-9-23-13/h3-4,9,11-12H,2,5-8,10H2,1H3,(H,19,22). The van der Waals surface area contributed by atoms with Crippen LogP contribution >= 0.6 is 0 Å². The zero-order chi connectivity index (χ0) is 16.1. The summed E-state index contributed by atoms with van der Waals surface area (Å²) in [7, 11) is 0. The molecule has 0 atom stereocenters. The van der Waals surface area contributed by atoms with Gasteiger partial charge >= 0.3 is 0 Å². The summed E-state index contributed by atoms with van der Waals surface area (Å²) in [4.78, 5) is 25.2. The highest BCUT2D eigenvalue weighted by Crippen LogP contribution is 2.12. The number of anilines is 1. The molecule has 2 aromatic heterocycles. The minimum atomic E-state index is -0.253. The van der Waals surface area contributed by atoms with Crippen molar-refractivity contribution < 1.29 is 9.21 Å². The summed E-state index contributed by atoms with van der Waals surface area (Å²) in [6.45, 7) is 7.53. The Morgan fingerprint density at radius 1 is 1.26 bits per heavy atom. The van der Waals surface area contributed by atoms with Crippen LogP contribution in [0.15, 0.2) is 35.2 Å². The van der Waals surface area contributed by atoms with Crippen LogP contribution in [0, 0.1) is 0 Å². The Morgan fingerprint density at radius 2 is 2.09 bits per heavy atom. The van der Waals surface area contributed by atoms with Crippen molar-refractivity contribution in [3.05, 3.63) is 42.2 Å². The highest BCUT2D eigenvalue weighted by Gasteiger charge is 2.17. The fraction of sp³-hybridized carbons (Fsp3) is 0.438. The van der Waals surface area contributed by atoms with Crippen LogP contribution < -0.4 is 10.2 Å². The minimum absolute atomic E-state index is 0.253. The number of hydrogen-bond acceptors (Lipinski definition) is 6. The molecule has 0 spiro atoms. The lowest BCUT2D eigenvalue weighted by atomic mass is 10.3. The number of likely N-dealkylation sites (N-methyl/N-ethyl adjacent to an activating group) is 1. The van der Waals surface area contributed by atoms with E-state index in [0.29, 0.717) is 18.0 Å². The van der Waals surface area contributed by atoms with E-state index in [1.165, 1.54) is 6.20 Å². The molecule has 1 aliphatic rings. The average molecular weight is 315 g/mol. The Labute approximate surface area is 135 Å². The molecule has 0 bridgehead atoms. The molecular weight excluding hydrogens is 294 g/mol. The third kappa shape index (κ3) is 3.87. The van der Waals surface area contributed by atoms with Crippen molar-refractivity contribution >= 4 is 11.7 Å². The van der Waals surface area contributed by atoms with Crippen LogP contribution in [0.25, 0.3) is 0 Å². The van der Waals surface area contributed by atoms with Crippen molar-refractivity contribution in [1.82, 2.24) is 20.2 Å². The first-order chi connectivity index (χ1) is 11.3. The zero-order valence-corrected chi connectivity index (χ0v) is 13.2. The van der Waals surface area contributed by atoms with Gasteiger partial charge in [0, 0.05) is 26.2 Å². The lowest BCUT2D eigenvalue weighted by molar-refractivity contribution is 0.0942. The van der Waals surface area contributed by atoms with Crippen LogP contribution in [0.3, 0.4) is 0 Å². The quantitative estimate of drug-likeness (QED) is 0.892. The Hall–Kier alpha value is -2.41. The van der Waals surface area contributed by atoms with E-state index in [2.05, 4.69) is 32.0 Å². The molecule has 1 fully saturated rings. The number of piperazine rings is 1. The first kappa shape index (κ1) is 15.5. The van der Waals surface area contributed by atoms with Gasteiger partial charge in [-0.1, -0.05) is 6.92 Å². The van der Waals surface area contributed by atoms with Gasteiger partial charge in [-0.2, -0.15) is 0 Å². The van der Waals surface area contributed by atoms with Gasteiger partial charge in [-0.25, -0.2) is 9.97 Å². The van der Waals surface area contributed by atoms with E-state index in [-0.39, 0.29) is 5.91 Å². The summed E-state index contributed by atoms with van der Waals surface area (Å²) in [6, 6.07) is 3.60. The predicted molar refractivity (Wildman–Crippen MR) is 86.2 cm³/mol. The van der Waals surface area contributed by atoms with Gasteiger partial charge < -0.3 is 19.5 Å². The van der Waals surface area contributed by atoms with Gasteiger partial charge in [0.05, 0.1) is 25.2 Å². The molecule has 3 rings (SSSR count). The number of nitrogens with zero attached hydrogens (tertiary/aromatic N) is 4. The Morgan fingerprint density at radius 3 is 2.70 bits per heavy atom. The first-order valence-corrected chi connectivity index (χ1v) is 7.86. The van der Waals surface area contributed by atoms with E-state index in [0.717, 1.165) is 38.5 Å². The topological polar surface area (TPSA) is 74.5 Å². The number of rotatable bonds is 5. The molecular formula is C16H21N5O2. The van der Waals surface area contributed by atoms with Crippen molar-refractivity contribution in [3.63, 3.8) is 0 Å². The van der Waals surface area contributed by atoms with Gasteiger partial charge in [0.2, 0.25) is 0 Å². The highest BCUT2D eigenvalue weighted by molar-refractivity contribution is 5.91. The van der Waals surface area contributed by atoms with Gasteiger partial charge in [0.25, 0.3) is 5.91 Å². The largest absolute Gasteiger partial charge is 0.467 e. The van der Waals surface area contributed by atoms with Gasteiger partial charge in [-0.3, -0.25) is 4.79 Å². The molecule has 23 heavy (non-hydrogen) atoms. The van der Waals surface area contributed by atoms with E-state index in [4.69, 9.17) is 4.42 Å². The van der Waals surface area contributed by atoms with Crippen LogP contribution in [-0.2, 0) is 6.54 Å². The second-order valence-electron chi connectivity index (χ2n) is 5.44. The minimum Gasteiger partial charge on any atom is -0.467 e. The summed E-state index contributed by atoms with van der Waals surface area (Å²) in [6.07, 6.45) is 4.77. The molecule has 1 aliphatic heterocycles. The summed E-state index contributed by atoms with van der Waals surface area (Å²) in [5.74, 6) is 1.27. The molecule has 1 amide bonds. The molecule has 3 heterocycles. The van der Waals surface area contributed by atoms with Crippen molar-refractivity contribution in [3.8, 4) is 0 Å². The zero-order valence-electron chi connectivity index (χ0n) is 13.2. The van der Waals surface area contributed by atoms with E-state index >= 15 is 0 Å². The predicted octanol–water partition coefficient (Wildman–Crippen LogP) is 1.14. The summed E-state index contributed by atoms with van der Waals surface area (Å²) >= 11 is 0. The molecule has 0 aliphatic carbocycles. The fourth-order valence-electron chi connectivity index (χ4n) is 2.57. The maximum absolute atomic E-state index is 12.0. The average Bonchev–Trinajstić information content (AvgIpc) is 3.13. The second-order valence-corrected chi connectivity index (χ2v) is 5.44. The molecule has 122 valence electrons. The van der Waals surface area contributed by atoms with Gasteiger partial charge in [-0.05, 0) is 18.7 Å². The molecule has 0 saturated carbocycles. The monoisotopic (exact) mass is 315 g/mol. The second kappa shape index (κ2) is 7.23. The Kier molecular flexibility index (Phi) is 4.87. The van der Waals surface area contributed by atoms with E-state index in [1.54, 1.807) is 18.5 Å². The van der Waals surface area contributed by atoms with Crippen LogP contribution in [0.2, 0.25) is 0 Å². The van der Waals surface area contributed by atoms with Crippen molar-refractivity contribution in [2.24, 2.45) is 0 Å². The third-order valence-electron chi connectivity index (χ3n) is 4.02. The maximum Gasteiger partial charge on any atom is 0.271 e. The summed E-state index contributed by atoms with van der Waals surface area (Å²) in [5, 5.41) is 2.76. The number of amides is 1. The number of furan rings is 1. The molecule has 7 nitrogen and oxygen atoms in total. The molecule has 1 saturated heterocycles. The van der Waals surface area contributed by atoms with E-state index < -0.39 is 0 Å². The van der Waals surface area contributed by atoms with Crippen LogP contribution in [0.1, 0.15) is 23.2 Å². The molecule has 0 radical (unpaired) electrons. The van der Waals surface area contributed by atoms with Gasteiger partial charge in [-0.15, -0.1) is 0 Å². The van der Waals surface area contributed by atoms with E-state index in [9.17, 15) is 4.79 Å².